The zero-order chi connectivity index (χ0) is 25.9. The highest BCUT2D eigenvalue weighted by molar-refractivity contribution is 6.15. The Labute approximate surface area is 214 Å². The average molecular weight is 492 g/mol. The summed E-state index contributed by atoms with van der Waals surface area (Å²) in [6.07, 6.45) is 0. The van der Waals surface area contributed by atoms with Crippen molar-refractivity contribution in [2.24, 2.45) is 0 Å². The van der Waals surface area contributed by atoms with Crippen molar-refractivity contribution < 1.29 is 23.8 Å². The first-order valence-electron chi connectivity index (χ1n) is 11.9. The van der Waals surface area contributed by atoms with Gasteiger partial charge in [-0.05, 0) is 54.8 Å². The summed E-state index contributed by atoms with van der Waals surface area (Å²) in [7, 11) is 1.57. The highest BCUT2D eigenvalue weighted by Gasteiger charge is 2.22. The number of pyridine rings is 1. The molecule has 4 aromatic carbocycles. The van der Waals surface area contributed by atoms with Crippen molar-refractivity contribution in [1.82, 2.24) is 4.98 Å². The van der Waals surface area contributed by atoms with Gasteiger partial charge in [-0.25, -0.2) is 14.6 Å². The Morgan fingerprint density at radius 3 is 2.19 bits per heavy atom. The van der Waals surface area contributed by atoms with E-state index in [0.29, 0.717) is 55.6 Å². The van der Waals surface area contributed by atoms with Crippen LogP contribution in [-0.2, 0) is 11.3 Å². The van der Waals surface area contributed by atoms with E-state index in [2.05, 4.69) is 0 Å². The Hall–Kier alpha value is -4.71. The fourth-order valence-electron chi connectivity index (χ4n) is 4.45. The molecule has 5 rings (SSSR count). The van der Waals surface area contributed by atoms with Gasteiger partial charge in [-0.3, -0.25) is 0 Å². The quantitative estimate of drug-likeness (QED) is 0.152. The standard InChI is InChI=1S/C31H25NO5/c1-19-16-22(30(33)36-18-21-10-5-4-6-11-21)17-20(2)29(19)37-31(34)27-23-12-7-8-14-25(23)32-28-24(27)13-9-15-26(28)35-3/h4-17H,18H2,1-3H3. The molecule has 6 heteroatoms. The summed E-state index contributed by atoms with van der Waals surface area (Å²) in [4.78, 5) is 31.0. The van der Waals surface area contributed by atoms with Crippen LogP contribution >= 0.6 is 0 Å². The molecule has 1 aromatic heterocycles. The summed E-state index contributed by atoms with van der Waals surface area (Å²) in [6, 6.07) is 25.7. The summed E-state index contributed by atoms with van der Waals surface area (Å²) in [5.41, 5.74) is 4.26. The first-order valence-corrected chi connectivity index (χ1v) is 11.9. The van der Waals surface area contributed by atoms with E-state index in [9.17, 15) is 9.59 Å². The van der Waals surface area contributed by atoms with Crippen LogP contribution in [0.15, 0.2) is 84.9 Å². The van der Waals surface area contributed by atoms with Gasteiger partial charge >= 0.3 is 11.9 Å². The molecular weight excluding hydrogens is 466 g/mol. The number of fused-ring (bicyclic) bond motifs is 2. The van der Waals surface area contributed by atoms with Gasteiger partial charge in [0.05, 0.1) is 23.8 Å². The lowest BCUT2D eigenvalue weighted by Gasteiger charge is -2.15. The molecule has 0 spiro atoms. The number of carbonyl (C=O) groups is 2. The van der Waals surface area contributed by atoms with Gasteiger partial charge in [0.15, 0.2) is 0 Å². The molecule has 6 nitrogen and oxygen atoms in total. The van der Waals surface area contributed by atoms with Crippen molar-refractivity contribution >= 4 is 33.7 Å². The fourth-order valence-corrected chi connectivity index (χ4v) is 4.45. The lowest BCUT2D eigenvalue weighted by molar-refractivity contribution is 0.0472. The van der Waals surface area contributed by atoms with E-state index in [0.717, 1.165) is 5.56 Å². The van der Waals surface area contributed by atoms with Crippen LogP contribution in [0.3, 0.4) is 0 Å². The Morgan fingerprint density at radius 1 is 0.784 bits per heavy atom. The minimum Gasteiger partial charge on any atom is -0.494 e. The molecule has 1 heterocycles. The van der Waals surface area contributed by atoms with Crippen LogP contribution < -0.4 is 9.47 Å². The Bertz CT molecular complexity index is 1620. The third-order valence-electron chi connectivity index (χ3n) is 6.20. The zero-order valence-corrected chi connectivity index (χ0v) is 20.8. The minimum absolute atomic E-state index is 0.181. The molecular formula is C31H25NO5. The first-order chi connectivity index (χ1) is 18.0. The number of methoxy groups -OCH3 is 1. The number of hydrogen-bond acceptors (Lipinski definition) is 6. The molecule has 0 N–H and O–H groups in total. The number of rotatable bonds is 6. The predicted octanol–water partition coefficient (Wildman–Crippen LogP) is 6.59. The van der Waals surface area contributed by atoms with Crippen LogP contribution in [0.25, 0.3) is 21.8 Å². The normalized spacial score (nSPS) is 10.9. The number of hydrogen-bond donors (Lipinski definition) is 0. The van der Waals surface area contributed by atoms with E-state index < -0.39 is 11.9 Å². The molecule has 0 saturated carbocycles. The molecule has 184 valence electrons. The number of aryl methyl sites for hydroxylation is 2. The number of carbonyl (C=O) groups excluding carboxylic acids is 2. The van der Waals surface area contributed by atoms with Crippen molar-refractivity contribution in [2.45, 2.75) is 20.5 Å². The molecule has 0 amide bonds. The zero-order valence-electron chi connectivity index (χ0n) is 20.8. The van der Waals surface area contributed by atoms with Crippen molar-refractivity contribution in [3.8, 4) is 11.5 Å². The van der Waals surface area contributed by atoms with E-state index in [-0.39, 0.29) is 6.61 Å². The second-order valence-electron chi connectivity index (χ2n) is 8.75. The van der Waals surface area contributed by atoms with Gasteiger partial charge in [-0.15, -0.1) is 0 Å². The van der Waals surface area contributed by atoms with Crippen LogP contribution in [0, 0.1) is 13.8 Å². The van der Waals surface area contributed by atoms with Crippen LogP contribution in [-0.4, -0.2) is 24.0 Å². The van der Waals surface area contributed by atoms with Crippen molar-refractivity contribution in [1.29, 1.82) is 0 Å². The highest BCUT2D eigenvalue weighted by atomic mass is 16.5. The summed E-state index contributed by atoms with van der Waals surface area (Å²) in [5.74, 6) is 0.0261. The second kappa shape index (κ2) is 10.1. The van der Waals surface area contributed by atoms with E-state index in [1.807, 2.05) is 72.8 Å². The Morgan fingerprint density at radius 2 is 1.46 bits per heavy atom. The number of nitrogens with zero attached hydrogens (tertiary/aromatic N) is 1. The second-order valence-corrected chi connectivity index (χ2v) is 8.75. The third kappa shape index (κ3) is 4.74. The number of esters is 2. The van der Waals surface area contributed by atoms with Gasteiger partial charge in [0.25, 0.3) is 0 Å². The average Bonchev–Trinajstić information content (AvgIpc) is 2.92. The number of para-hydroxylation sites is 2. The molecule has 0 saturated heterocycles. The summed E-state index contributed by atoms with van der Waals surface area (Å²) < 4.78 is 16.9. The van der Waals surface area contributed by atoms with Gasteiger partial charge in [0.2, 0.25) is 0 Å². The highest BCUT2D eigenvalue weighted by Crippen LogP contribution is 2.33. The fraction of sp³-hybridized carbons (Fsp3) is 0.129. The largest absolute Gasteiger partial charge is 0.494 e. The Kier molecular flexibility index (Phi) is 6.56. The lowest BCUT2D eigenvalue weighted by atomic mass is 10.0. The molecule has 37 heavy (non-hydrogen) atoms. The van der Waals surface area contributed by atoms with Gasteiger partial charge < -0.3 is 14.2 Å². The van der Waals surface area contributed by atoms with Crippen molar-refractivity contribution in [3.63, 3.8) is 0 Å². The minimum atomic E-state index is -0.512. The van der Waals surface area contributed by atoms with E-state index in [4.69, 9.17) is 19.2 Å². The van der Waals surface area contributed by atoms with Crippen LogP contribution in [0.4, 0.5) is 0 Å². The summed E-state index contributed by atoms with van der Waals surface area (Å²) >= 11 is 0. The summed E-state index contributed by atoms with van der Waals surface area (Å²) in [6.45, 7) is 3.78. The van der Waals surface area contributed by atoms with Crippen LogP contribution in [0.1, 0.15) is 37.4 Å². The lowest BCUT2D eigenvalue weighted by Crippen LogP contribution is -2.13. The Balaban J connectivity index is 1.47. The molecule has 0 bridgehead atoms. The molecule has 0 unspecified atom stereocenters. The van der Waals surface area contributed by atoms with Crippen molar-refractivity contribution in [3.05, 3.63) is 113 Å². The van der Waals surface area contributed by atoms with Gasteiger partial charge in [0, 0.05) is 10.8 Å². The molecule has 0 aliphatic rings. The molecule has 0 atom stereocenters. The van der Waals surface area contributed by atoms with Gasteiger partial charge in [-0.2, -0.15) is 0 Å². The number of benzene rings is 4. The molecule has 5 aromatic rings. The van der Waals surface area contributed by atoms with E-state index >= 15 is 0 Å². The molecule has 0 radical (unpaired) electrons. The third-order valence-corrected chi connectivity index (χ3v) is 6.20. The monoisotopic (exact) mass is 491 g/mol. The molecule has 0 fully saturated rings. The van der Waals surface area contributed by atoms with Gasteiger partial charge in [-0.1, -0.05) is 60.7 Å². The first kappa shape index (κ1) is 24.0. The smallest absolute Gasteiger partial charge is 0.344 e. The topological polar surface area (TPSA) is 74.7 Å². The van der Waals surface area contributed by atoms with Crippen LogP contribution in [0.5, 0.6) is 11.5 Å². The number of ether oxygens (including phenoxy) is 3. The van der Waals surface area contributed by atoms with Crippen LogP contribution in [0.2, 0.25) is 0 Å². The maximum absolute atomic E-state index is 13.6. The SMILES string of the molecule is COc1cccc2c(C(=O)Oc3c(C)cc(C(=O)OCc4ccccc4)cc3C)c3ccccc3nc12. The predicted molar refractivity (Wildman–Crippen MR) is 142 cm³/mol. The maximum Gasteiger partial charge on any atom is 0.344 e. The summed E-state index contributed by atoms with van der Waals surface area (Å²) in [5, 5.41) is 1.32. The van der Waals surface area contributed by atoms with Crippen molar-refractivity contribution in [2.75, 3.05) is 7.11 Å². The van der Waals surface area contributed by atoms with E-state index in [1.54, 1.807) is 33.1 Å². The number of aromatic nitrogens is 1. The maximum atomic E-state index is 13.6. The molecule has 0 aliphatic carbocycles. The molecule has 0 aliphatic heterocycles. The van der Waals surface area contributed by atoms with Gasteiger partial charge in [0.1, 0.15) is 23.6 Å². The van der Waals surface area contributed by atoms with E-state index in [1.165, 1.54) is 0 Å².